The quantitative estimate of drug-likeness (QED) is 0.783. The minimum absolute atomic E-state index is 0.175. The first-order chi connectivity index (χ1) is 12.1. The molecule has 1 N–H and O–H groups in total. The molecule has 0 radical (unpaired) electrons. The van der Waals surface area contributed by atoms with Crippen molar-refractivity contribution in [3.05, 3.63) is 58.1 Å². The Morgan fingerprint density at radius 1 is 1.16 bits per heavy atom. The van der Waals surface area contributed by atoms with Crippen LogP contribution in [0.15, 0.2) is 45.6 Å². The Balaban J connectivity index is 1.40. The number of hydrogen-bond donors (Lipinski definition) is 1. The van der Waals surface area contributed by atoms with E-state index in [0.29, 0.717) is 35.6 Å². The predicted octanol–water partition coefficient (Wildman–Crippen LogP) is 1.83. The predicted molar refractivity (Wildman–Crippen MR) is 90.1 cm³/mol. The van der Waals surface area contributed by atoms with Crippen LogP contribution < -0.4 is 20.5 Å². The van der Waals surface area contributed by atoms with E-state index in [9.17, 15) is 9.59 Å². The molecule has 25 heavy (non-hydrogen) atoms. The van der Waals surface area contributed by atoms with E-state index < -0.39 is 0 Å². The van der Waals surface area contributed by atoms with Gasteiger partial charge in [-0.2, -0.15) is 0 Å². The van der Waals surface area contributed by atoms with Crippen molar-refractivity contribution in [2.24, 2.45) is 7.05 Å². The maximum Gasteiger partial charge on any atom is 0.419 e. The Morgan fingerprint density at radius 3 is 2.88 bits per heavy atom. The summed E-state index contributed by atoms with van der Waals surface area (Å²) in [6, 6.07) is 10.7. The molecule has 0 saturated heterocycles. The maximum atomic E-state index is 12.2. The van der Waals surface area contributed by atoms with Crippen LogP contribution in [0.25, 0.3) is 11.1 Å². The zero-order valence-electron chi connectivity index (χ0n) is 13.6. The van der Waals surface area contributed by atoms with E-state index in [1.54, 1.807) is 25.2 Å². The Labute approximate surface area is 142 Å². The van der Waals surface area contributed by atoms with Crippen LogP contribution in [0.2, 0.25) is 0 Å². The Hall–Kier alpha value is -3.22. The molecule has 4 rings (SSSR count). The van der Waals surface area contributed by atoms with Gasteiger partial charge in [-0.05, 0) is 42.3 Å². The number of benzene rings is 2. The van der Waals surface area contributed by atoms with E-state index in [4.69, 9.17) is 13.9 Å². The van der Waals surface area contributed by atoms with Crippen molar-refractivity contribution in [2.45, 2.75) is 6.42 Å². The number of fused-ring (bicyclic) bond motifs is 2. The molecule has 1 aliphatic rings. The van der Waals surface area contributed by atoms with E-state index in [2.05, 4.69) is 5.32 Å². The smallest absolute Gasteiger partial charge is 0.419 e. The number of rotatable bonds is 4. The number of carbonyl (C=O) groups is 1. The zero-order valence-corrected chi connectivity index (χ0v) is 13.6. The lowest BCUT2D eigenvalue weighted by Gasteiger charge is -2.06. The number of hydrogen-bond acceptors (Lipinski definition) is 5. The monoisotopic (exact) mass is 340 g/mol. The van der Waals surface area contributed by atoms with Gasteiger partial charge in [0.1, 0.15) is 0 Å². The molecule has 128 valence electrons. The fraction of sp³-hybridized carbons (Fsp3) is 0.222. The van der Waals surface area contributed by atoms with Crippen molar-refractivity contribution >= 4 is 17.0 Å². The van der Waals surface area contributed by atoms with Crippen LogP contribution in [0.5, 0.6) is 11.5 Å². The Bertz CT molecular complexity index is 1020. The third-order valence-electron chi connectivity index (χ3n) is 4.19. The Morgan fingerprint density at radius 2 is 2.00 bits per heavy atom. The second kappa shape index (κ2) is 6.01. The summed E-state index contributed by atoms with van der Waals surface area (Å²) in [5, 5.41) is 2.87. The molecule has 2 heterocycles. The molecule has 0 unspecified atom stereocenters. The van der Waals surface area contributed by atoms with Crippen LogP contribution in [-0.2, 0) is 13.5 Å². The number of ether oxygens (including phenoxy) is 2. The number of oxazole rings is 1. The summed E-state index contributed by atoms with van der Waals surface area (Å²) in [6.07, 6.45) is 0.630. The number of nitrogens with zero attached hydrogens (tertiary/aromatic N) is 1. The van der Waals surface area contributed by atoms with Gasteiger partial charge < -0.3 is 19.2 Å². The highest BCUT2D eigenvalue weighted by Crippen LogP contribution is 2.32. The summed E-state index contributed by atoms with van der Waals surface area (Å²) in [7, 11) is 1.67. The topological polar surface area (TPSA) is 82.7 Å². The van der Waals surface area contributed by atoms with Crippen LogP contribution in [0.4, 0.5) is 0 Å². The van der Waals surface area contributed by atoms with Crippen LogP contribution in [0, 0.1) is 0 Å². The molecule has 0 bridgehead atoms. The molecule has 0 spiro atoms. The zero-order chi connectivity index (χ0) is 17.4. The van der Waals surface area contributed by atoms with Gasteiger partial charge in [0, 0.05) is 19.2 Å². The standard InChI is InChI=1S/C18H16N2O5/c1-20-13-4-2-11(8-15(13)25-18(20)22)6-7-19-17(21)12-3-5-14-16(9-12)24-10-23-14/h2-5,8-9H,6-7,10H2,1H3,(H,19,21). The van der Waals surface area contributed by atoms with Crippen LogP contribution >= 0.6 is 0 Å². The molecule has 1 aliphatic heterocycles. The number of aromatic nitrogens is 1. The van der Waals surface area contributed by atoms with Gasteiger partial charge in [-0.25, -0.2) is 4.79 Å². The van der Waals surface area contributed by atoms with E-state index in [0.717, 1.165) is 11.1 Å². The second-order valence-electron chi connectivity index (χ2n) is 5.80. The SMILES string of the molecule is Cn1c(=O)oc2cc(CCNC(=O)c3ccc4c(c3)OCO4)ccc21. The summed E-state index contributed by atoms with van der Waals surface area (Å²) in [5.74, 6) is 0.667. The van der Waals surface area contributed by atoms with Crippen LogP contribution in [0.3, 0.4) is 0 Å². The number of aryl methyl sites for hydroxylation is 1. The second-order valence-corrected chi connectivity index (χ2v) is 5.80. The first kappa shape index (κ1) is 15.3. The molecule has 1 aromatic heterocycles. The number of nitrogens with one attached hydrogen (secondary N) is 1. The summed E-state index contributed by atoms with van der Waals surface area (Å²) < 4.78 is 17.1. The highest BCUT2D eigenvalue weighted by atomic mass is 16.7. The van der Waals surface area contributed by atoms with Gasteiger partial charge in [0.05, 0.1) is 5.52 Å². The Kier molecular flexibility index (Phi) is 3.68. The summed E-state index contributed by atoms with van der Waals surface area (Å²) in [4.78, 5) is 23.7. The molecule has 3 aromatic rings. The first-order valence-corrected chi connectivity index (χ1v) is 7.88. The maximum absolute atomic E-state index is 12.2. The van der Waals surface area contributed by atoms with Crippen molar-refractivity contribution in [1.29, 1.82) is 0 Å². The molecule has 1 amide bonds. The number of amides is 1. The van der Waals surface area contributed by atoms with E-state index in [-0.39, 0.29) is 18.5 Å². The third-order valence-corrected chi connectivity index (χ3v) is 4.19. The summed E-state index contributed by atoms with van der Waals surface area (Å²) >= 11 is 0. The van der Waals surface area contributed by atoms with Gasteiger partial charge in [-0.15, -0.1) is 0 Å². The van der Waals surface area contributed by atoms with E-state index in [1.807, 2.05) is 18.2 Å². The molecule has 0 saturated carbocycles. The van der Waals surface area contributed by atoms with Gasteiger partial charge in [-0.1, -0.05) is 6.07 Å². The van der Waals surface area contributed by atoms with Crippen molar-refractivity contribution in [3.63, 3.8) is 0 Å². The first-order valence-electron chi connectivity index (χ1n) is 7.88. The molecule has 0 fully saturated rings. The van der Waals surface area contributed by atoms with Crippen molar-refractivity contribution in [2.75, 3.05) is 13.3 Å². The highest BCUT2D eigenvalue weighted by molar-refractivity contribution is 5.94. The molecule has 2 aromatic carbocycles. The lowest BCUT2D eigenvalue weighted by atomic mass is 10.1. The van der Waals surface area contributed by atoms with Crippen molar-refractivity contribution in [3.8, 4) is 11.5 Å². The summed E-state index contributed by atoms with van der Waals surface area (Å²) in [5.41, 5.74) is 2.80. The van der Waals surface area contributed by atoms with Gasteiger partial charge in [-0.3, -0.25) is 9.36 Å². The van der Waals surface area contributed by atoms with Crippen LogP contribution in [0.1, 0.15) is 15.9 Å². The molecule has 0 aliphatic carbocycles. The average Bonchev–Trinajstić information content (AvgIpc) is 3.19. The summed E-state index contributed by atoms with van der Waals surface area (Å²) in [6.45, 7) is 0.647. The molecule has 7 heteroatoms. The number of carbonyl (C=O) groups excluding carboxylic acids is 1. The lowest BCUT2D eigenvalue weighted by molar-refractivity contribution is 0.0953. The molecule has 7 nitrogen and oxygen atoms in total. The molecule has 0 atom stereocenters. The van der Waals surface area contributed by atoms with Crippen molar-refractivity contribution in [1.82, 2.24) is 9.88 Å². The lowest BCUT2D eigenvalue weighted by Crippen LogP contribution is -2.25. The molecular formula is C18H16N2O5. The minimum atomic E-state index is -0.386. The molecular weight excluding hydrogens is 324 g/mol. The van der Waals surface area contributed by atoms with Gasteiger partial charge in [0.15, 0.2) is 17.1 Å². The fourth-order valence-electron chi connectivity index (χ4n) is 2.79. The van der Waals surface area contributed by atoms with Crippen molar-refractivity contribution < 1.29 is 18.7 Å². The van der Waals surface area contributed by atoms with E-state index >= 15 is 0 Å². The largest absolute Gasteiger partial charge is 0.454 e. The fourth-order valence-corrected chi connectivity index (χ4v) is 2.79. The normalized spacial score (nSPS) is 12.5. The minimum Gasteiger partial charge on any atom is -0.454 e. The van der Waals surface area contributed by atoms with Gasteiger partial charge in [0.25, 0.3) is 5.91 Å². The average molecular weight is 340 g/mol. The van der Waals surface area contributed by atoms with Crippen LogP contribution in [-0.4, -0.2) is 23.8 Å². The van der Waals surface area contributed by atoms with E-state index in [1.165, 1.54) is 4.57 Å². The highest BCUT2D eigenvalue weighted by Gasteiger charge is 2.16. The van der Waals surface area contributed by atoms with Gasteiger partial charge in [0.2, 0.25) is 6.79 Å². The van der Waals surface area contributed by atoms with Gasteiger partial charge >= 0.3 is 5.76 Å². The third kappa shape index (κ3) is 2.84.